The second-order valence-corrected chi connectivity index (χ2v) is 10.4. The Morgan fingerprint density at radius 1 is 1.00 bits per heavy atom. The van der Waals surface area contributed by atoms with Crippen molar-refractivity contribution in [3.05, 3.63) is 53.6 Å². The number of hydrogen-bond acceptors (Lipinski definition) is 5. The van der Waals surface area contributed by atoms with E-state index in [1.54, 1.807) is 18.2 Å². The van der Waals surface area contributed by atoms with Crippen LogP contribution in [0, 0.1) is 17.8 Å². The average Bonchev–Trinajstić information content (AvgIpc) is 2.82. The van der Waals surface area contributed by atoms with E-state index in [1.165, 1.54) is 64.3 Å². The van der Waals surface area contributed by atoms with Gasteiger partial charge >= 0.3 is 0 Å². The molecule has 4 aliphatic rings. The molecule has 4 aliphatic carbocycles. The third-order valence-electron chi connectivity index (χ3n) is 7.80. The molecule has 0 spiro atoms. The molecule has 184 valence electrons. The van der Waals surface area contributed by atoms with Gasteiger partial charge in [-0.2, -0.15) is 5.10 Å². The minimum Gasteiger partial charge on any atom is -0.493 e. The molecule has 35 heavy (non-hydrogen) atoms. The molecule has 2 N–H and O–H groups in total. The lowest BCUT2D eigenvalue weighted by Crippen LogP contribution is -2.48. The Morgan fingerprint density at radius 3 is 2.26 bits per heavy atom. The van der Waals surface area contributed by atoms with Crippen LogP contribution in [-0.4, -0.2) is 31.7 Å². The molecule has 0 heterocycles. The summed E-state index contributed by atoms with van der Waals surface area (Å²) in [6.45, 7) is 1.25. The first-order valence-electron chi connectivity index (χ1n) is 12.4. The average molecular weight is 476 g/mol. The van der Waals surface area contributed by atoms with Crippen LogP contribution in [0.4, 0.5) is 5.69 Å². The van der Waals surface area contributed by atoms with E-state index in [2.05, 4.69) is 28.0 Å². The van der Waals surface area contributed by atoms with Crippen molar-refractivity contribution in [3.63, 3.8) is 0 Å². The molecule has 0 atom stereocenters. The van der Waals surface area contributed by atoms with Gasteiger partial charge in [0, 0.05) is 12.6 Å². The molecule has 2 aromatic carbocycles. The van der Waals surface area contributed by atoms with E-state index < -0.39 is 0 Å². The van der Waals surface area contributed by atoms with Crippen LogP contribution in [0.1, 0.15) is 56.6 Å². The standard InChI is InChI=1S/C28H33N3O4/c1-18(32)31-29-16-19-3-8-25(26(12-19)34-2)35-17-27(33)30-24-6-4-23(5-7-24)28-13-20-9-21(14-28)11-22(10-20)15-28/h3-8,12,16,20-22H,9-11,13-15,17H2,1-2H3,(H,30,33)(H,31,32)/b29-16-. The number of hydrazone groups is 1. The molecule has 4 saturated carbocycles. The molecule has 0 unspecified atom stereocenters. The van der Waals surface area contributed by atoms with Crippen LogP contribution in [0.3, 0.4) is 0 Å². The van der Waals surface area contributed by atoms with Gasteiger partial charge in [-0.15, -0.1) is 0 Å². The lowest BCUT2D eigenvalue weighted by Gasteiger charge is -2.57. The first kappa shape index (κ1) is 23.4. The second-order valence-electron chi connectivity index (χ2n) is 10.4. The zero-order valence-electron chi connectivity index (χ0n) is 20.4. The zero-order chi connectivity index (χ0) is 24.4. The van der Waals surface area contributed by atoms with Crippen LogP contribution in [0.2, 0.25) is 0 Å². The summed E-state index contributed by atoms with van der Waals surface area (Å²) in [6.07, 6.45) is 9.81. The Morgan fingerprint density at radius 2 is 1.66 bits per heavy atom. The number of anilines is 1. The molecule has 7 nitrogen and oxygen atoms in total. The number of carbonyl (C=O) groups is 2. The number of rotatable bonds is 8. The third-order valence-corrected chi connectivity index (χ3v) is 7.80. The predicted octanol–water partition coefficient (Wildman–Crippen LogP) is 4.65. The summed E-state index contributed by atoms with van der Waals surface area (Å²) in [6, 6.07) is 13.7. The minimum atomic E-state index is -0.249. The van der Waals surface area contributed by atoms with Crippen molar-refractivity contribution in [2.75, 3.05) is 19.0 Å². The van der Waals surface area contributed by atoms with Gasteiger partial charge < -0.3 is 14.8 Å². The third kappa shape index (κ3) is 5.19. The van der Waals surface area contributed by atoms with Crippen molar-refractivity contribution in [2.24, 2.45) is 22.9 Å². The Kier molecular flexibility index (Phi) is 6.50. The van der Waals surface area contributed by atoms with Gasteiger partial charge in [-0.1, -0.05) is 12.1 Å². The number of hydrogen-bond donors (Lipinski definition) is 2. The number of methoxy groups -OCH3 is 1. The summed E-state index contributed by atoms with van der Waals surface area (Å²) in [5.41, 5.74) is 5.66. The molecule has 6 rings (SSSR count). The monoisotopic (exact) mass is 475 g/mol. The Hall–Kier alpha value is -3.35. The molecule has 0 aliphatic heterocycles. The number of carbonyl (C=O) groups excluding carboxylic acids is 2. The highest BCUT2D eigenvalue weighted by atomic mass is 16.5. The van der Waals surface area contributed by atoms with E-state index >= 15 is 0 Å². The molecule has 7 heteroatoms. The van der Waals surface area contributed by atoms with E-state index in [1.807, 2.05) is 12.1 Å². The van der Waals surface area contributed by atoms with Gasteiger partial charge in [-0.05, 0) is 103 Å². The zero-order valence-corrected chi connectivity index (χ0v) is 20.4. The molecule has 4 fully saturated rings. The summed E-state index contributed by atoms with van der Waals surface area (Å²) in [5.74, 6) is 3.18. The van der Waals surface area contributed by atoms with Crippen molar-refractivity contribution in [3.8, 4) is 11.5 Å². The number of nitrogens with zero attached hydrogens (tertiary/aromatic N) is 1. The van der Waals surface area contributed by atoms with Gasteiger partial charge in [0.1, 0.15) is 0 Å². The smallest absolute Gasteiger partial charge is 0.262 e. The second kappa shape index (κ2) is 9.72. The molecule has 4 bridgehead atoms. The number of amides is 2. The summed E-state index contributed by atoms with van der Waals surface area (Å²) in [4.78, 5) is 23.5. The van der Waals surface area contributed by atoms with Crippen molar-refractivity contribution in [1.29, 1.82) is 0 Å². The minimum absolute atomic E-state index is 0.133. The molecular formula is C28H33N3O4. The van der Waals surface area contributed by atoms with Crippen molar-refractivity contribution in [2.45, 2.75) is 50.9 Å². The summed E-state index contributed by atoms with van der Waals surface area (Å²) in [7, 11) is 1.53. The van der Waals surface area contributed by atoms with Crippen LogP contribution < -0.4 is 20.2 Å². The van der Waals surface area contributed by atoms with Crippen LogP contribution in [0.15, 0.2) is 47.6 Å². The van der Waals surface area contributed by atoms with E-state index in [4.69, 9.17) is 9.47 Å². The first-order chi connectivity index (χ1) is 16.9. The van der Waals surface area contributed by atoms with E-state index in [0.29, 0.717) is 16.9 Å². The summed E-state index contributed by atoms with van der Waals surface area (Å²) in [5, 5.41) is 6.77. The van der Waals surface area contributed by atoms with Gasteiger partial charge in [0.15, 0.2) is 18.1 Å². The fraction of sp³-hybridized carbons (Fsp3) is 0.464. The van der Waals surface area contributed by atoms with Crippen molar-refractivity contribution in [1.82, 2.24) is 5.43 Å². The van der Waals surface area contributed by atoms with Gasteiger partial charge in [0.2, 0.25) is 5.91 Å². The number of benzene rings is 2. The molecular weight excluding hydrogens is 442 g/mol. The number of nitrogens with one attached hydrogen (secondary N) is 2. The number of ether oxygens (including phenoxy) is 2. The lowest BCUT2D eigenvalue weighted by atomic mass is 9.48. The van der Waals surface area contributed by atoms with E-state index in [-0.39, 0.29) is 18.4 Å². The fourth-order valence-corrected chi connectivity index (χ4v) is 6.79. The van der Waals surface area contributed by atoms with Gasteiger partial charge in [-0.25, -0.2) is 5.43 Å². The quantitative estimate of drug-likeness (QED) is 0.430. The Labute approximate surface area is 206 Å². The van der Waals surface area contributed by atoms with E-state index in [9.17, 15) is 9.59 Å². The highest BCUT2D eigenvalue weighted by Gasteiger charge is 2.51. The normalized spacial score (nSPS) is 26.5. The maximum Gasteiger partial charge on any atom is 0.262 e. The Balaban J connectivity index is 1.17. The maximum atomic E-state index is 12.5. The first-order valence-corrected chi connectivity index (χ1v) is 12.4. The van der Waals surface area contributed by atoms with Gasteiger partial charge in [0.05, 0.1) is 13.3 Å². The topological polar surface area (TPSA) is 89.0 Å². The predicted molar refractivity (Wildman–Crippen MR) is 135 cm³/mol. The van der Waals surface area contributed by atoms with Crippen molar-refractivity contribution >= 4 is 23.7 Å². The maximum absolute atomic E-state index is 12.5. The van der Waals surface area contributed by atoms with Crippen LogP contribution in [-0.2, 0) is 15.0 Å². The highest BCUT2D eigenvalue weighted by molar-refractivity contribution is 5.92. The molecule has 2 amide bonds. The van der Waals surface area contributed by atoms with Gasteiger partial charge in [0.25, 0.3) is 5.91 Å². The van der Waals surface area contributed by atoms with Gasteiger partial charge in [-0.3, -0.25) is 9.59 Å². The summed E-state index contributed by atoms with van der Waals surface area (Å²) >= 11 is 0. The largest absolute Gasteiger partial charge is 0.493 e. The molecule has 0 aromatic heterocycles. The van der Waals surface area contributed by atoms with Crippen LogP contribution >= 0.6 is 0 Å². The van der Waals surface area contributed by atoms with Crippen LogP contribution in [0.5, 0.6) is 11.5 Å². The summed E-state index contributed by atoms with van der Waals surface area (Å²) < 4.78 is 11.1. The fourth-order valence-electron chi connectivity index (χ4n) is 6.79. The molecule has 0 saturated heterocycles. The SMILES string of the molecule is COc1cc(/C=N\NC(C)=O)ccc1OCC(=O)Nc1ccc(C23CC4CC(CC(C4)C2)C3)cc1. The lowest BCUT2D eigenvalue weighted by molar-refractivity contribution is -0.119. The molecule has 0 radical (unpaired) electrons. The Bertz CT molecular complexity index is 1090. The highest BCUT2D eigenvalue weighted by Crippen LogP contribution is 2.60. The van der Waals surface area contributed by atoms with Crippen molar-refractivity contribution < 1.29 is 19.1 Å². The van der Waals surface area contributed by atoms with Crippen LogP contribution in [0.25, 0.3) is 0 Å². The van der Waals surface area contributed by atoms with E-state index in [0.717, 1.165) is 29.0 Å². The molecule has 2 aromatic rings.